The van der Waals surface area contributed by atoms with Crippen molar-refractivity contribution in [3.8, 4) is 0 Å². The van der Waals surface area contributed by atoms with Crippen LogP contribution in [0.5, 0.6) is 0 Å². The van der Waals surface area contributed by atoms with E-state index in [0.717, 1.165) is 0 Å². The molecule has 1 N–H and O–H groups in total. The summed E-state index contributed by atoms with van der Waals surface area (Å²) in [7, 11) is 1.31. The van der Waals surface area contributed by atoms with Gasteiger partial charge in [-0.3, -0.25) is 4.79 Å². The molecule has 94 valence electrons. The smallest absolute Gasteiger partial charge is 0.338 e. The normalized spacial score (nSPS) is 10.6. The van der Waals surface area contributed by atoms with Crippen molar-refractivity contribution in [1.29, 1.82) is 0 Å². The molecular weight excluding hydrogens is 302 g/mol. The molecule has 0 fully saturated rings. The zero-order valence-electron chi connectivity index (χ0n) is 9.51. The molecule has 0 radical (unpaired) electrons. The number of carboxylic acids is 1. The molecule has 0 amide bonds. The van der Waals surface area contributed by atoms with Gasteiger partial charge in [0.15, 0.2) is 0 Å². The Morgan fingerprint density at radius 1 is 1.44 bits per heavy atom. The number of esters is 1. The van der Waals surface area contributed by atoms with Crippen molar-refractivity contribution in [2.24, 2.45) is 0 Å². The molecule has 2 rings (SSSR count). The quantitative estimate of drug-likeness (QED) is 0.883. The molecule has 0 atom stereocenters. The van der Waals surface area contributed by atoms with E-state index in [-0.39, 0.29) is 6.54 Å². The fourth-order valence-electron chi connectivity index (χ4n) is 1.82. The minimum atomic E-state index is -0.938. The van der Waals surface area contributed by atoms with E-state index in [9.17, 15) is 9.59 Å². The lowest BCUT2D eigenvalue weighted by atomic mass is 10.1. The van der Waals surface area contributed by atoms with Gasteiger partial charge in [-0.05, 0) is 18.2 Å². The summed E-state index contributed by atoms with van der Waals surface area (Å²) in [6.45, 7) is -0.152. The molecule has 0 aliphatic carbocycles. The van der Waals surface area contributed by atoms with Crippen LogP contribution in [0.15, 0.2) is 28.9 Å². The van der Waals surface area contributed by atoms with Crippen molar-refractivity contribution in [3.63, 3.8) is 0 Å². The minimum absolute atomic E-state index is 0.152. The van der Waals surface area contributed by atoms with Crippen LogP contribution in [0.25, 0.3) is 10.9 Å². The van der Waals surface area contributed by atoms with Gasteiger partial charge in [0.05, 0.1) is 18.2 Å². The molecule has 0 spiro atoms. The lowest BCUT2D eigenvalue weighted by molar-refractivity contribution is -0.137. The third-order valence-electron chi connectivity index (χ3n) is 2.56. The zero-order valence-corrected chi connectivity index (χ0v) is 11.1. The SMILES string of the molecule is COC(=O)c1cc(Br)cc2c1ccn2CC(=O)O. The molecule has 1 aromatic carbocycles. The van der Waals surface area contributed by atoms with Gasteiger partial charge in [0.1, 0.15) is 6.54 Å². The second-order valence-corrected chi connectivity index (χ2v) is 4.63. The number of nitrogens with zero attached hydrogens (tertiary/aromatic N) is 1. The van der Waals surface area contributed by atoms with Crippen molar-refractivity contribution in [1.82, 2.24) is 4.57 Å². The second-order valence-electron chi connectivity index (χ2n) is 3.72. The number of hydrogen-bond acceptors (Lipinski definition) is 3. The summed E-state index contributed by atoms with van der Waals surface area (Å²) < 4.78 is 6.96. The van der Waals surface area contributed by atoms with E-state index >= 15 is 0 Å². The molecule has 0 unspecified atom stereocenters. The first kappa shape index (κ1) is 12.6. The molecule has 18 heavy (non-hydrogen) atoms. The van der Waals surface area contributed by atoms with Crippen LogP contribution in [0.4, 0.5) is 0 Å². The van der Waals surface area contributed by atoms with Gasteiger partial charge in [0.25, 0.3) is 0 Å². The molecule has 0 saturated heterocycles. The molecule has 1 aromatic heterocycles. The number of ether oxygens (including phenoxy) is 1. The number of carboxylic acid groups (broad SMARTS) is 1. The number of halogens is 1. The van der Waals surface area contributed by atoms with Gasteiger partial charge in [-0.1, -0.05) is 15.9 Å². The maximum absolute atomic E-state index is 11.6. The Labute approximate surface area is 111 Å². The molecular formula is C12H10BrNO4. The van der Waals surface area contributed by atoms with Crippen LogP contribution in [-0.2, 0) is 16.1 Å². The number of rotatable bonds is 3. The van der Waals surface area contributed by atoms with E-state index in [4.69, 9.17) is 9.84 Å². The Morgan fingerprint density at radius 3 is 2.78 bits per heavy atom. The van der Waals surface area contributed by atoms with Crippen LogP contribution >= 0.6 is 15.9 Å². The van der Waals surface area contributed by atoms with Gasteiger partial charge in [0, 0.05) is 16.1 Å². The molecule has 0 bridgehead atoms. The maximum Gasteiger partial charge on any atom is 0.338 e. The van der Waals surface area contributed by atoms with Gasteiger partial charge in [-0.25, -0.2) is 4.79 Å². The highest BCUT2D eigenvalue weighted by Gasteiger charge is 2.15. The summed E-state index contributed by atoms with van der Waals surface area (Å²) in [6.07, 6.45) is 1.64. The Hall–Kier alpha value is -1.82. The first-order chi connectivity index (χ1) is 8.52. The number of methoxy groups -OCH3 is 1. The van der Waals surface area contributed by atoms with Crippen molar-refractivity contribution in [3.05, 3.63) is 34.4 Å². The Kier molecular flexibility index (Phi) is 3.38. The lowest BCUT2D eigenvalue weighted by Gasteiger charge is -2.05. The Balaban J connectivity index is 2.64. The molecule has 5 nitrogen and oxygen atoms in total. The Bertz CT molecular complexity index is 632. The first-order valence-corrected chi connectivity index (χ1v) is 5.90. The monoisotopic (exact) mass is 311 g/mol. The highest BCUT2D eigenvalue weighted by Crippen LogP contribution is 2.26. The van der Waals surface area contributed by atoms with Crippen molar-refractivity contribution in [2.75, 3.05) is 7.11 Å². The number of aromatic nitrogens is 1. The van der Waals surface area contributed by atoms with E-state index in [1.165, 1.54) is 7.11 Å². The predicted molar refractivity (Wildman–Crippen MR) is 68.6 cm³/mol. The van der Waals surface area contributed by atoms with Crippen molar-refractivity contribution in [2.45, 2.75) is 6.54 Å². The third kappa shape index (κ3) is 2.24. The molecule has 0 saturated carbocycles. The van der Waals surface area contributed by atoms with E-state index in [2.05, 4.69) is 15.9 Å². The number of hydrogen-bond donors (Lipinski definition) is 1. The maximum atomic E-state index is 11.6. The van der Waals surface area contributed by atoms with Crippen LogP contribution in [0, 0.1) is 0 Å². The third-order valence-corrected chi connectivity index (χ3v) is 3.02. The standard InChI is InChI=1S/C12H10BrNO4/c1-18-12(17)9-4-7(13)5-10-8(9)2-3-14(10)6-11(15)16/h2-5H,6H2,1H3,(H,15,16). The fourth-order valence-corrected chi connectivity index (χ4v) is 2.27. The van der Waals surface area contributed by atoms with Crippen LogP contribution < -0.4 is 0 Å². The average Bonchev–Trinajstić information content (AvgIpc) is 2.69. The molecule has 6 heteroatoms. The average molecular weight is 312 g/mol. The van der Waals surface area contributed by atoms with E-state index in [0.29, 0.717) is 20.9 Å². The summed E-state index contributed by atoms with van der Waals surface area (Å²) in [5.41, 5.74) is 1.08. The second kappa shape index (κ2) is 4.81. The van der Waals surface area contributed by atoms with Gasteiger partial charge >= 0.3 is 11.9 Å². The number of fused-ring (bicyclic) bond motifs is 1. The van der Waals surface area contributed by atoms with Crippen molar-refractivity contribution < 1.29 is 19.4 Å². The summed E-state index contributed by atoms with van der Waals surface area (Å²) in [6, 6.07) is 5.13. The van der Waals surface area contributed by atoms with Gasteiger partial charge in [-0.15, -0.1) is 0 Å². The molecule has 0 aliphatic rings. The lowest BCUT2D eigenvalue weighted by Crippen LogP contribution is -2.08. The highest BCUT2D eigenvalue weighted by atomic mass is 79.9. The summed E-state index contributed by atoms with van der Waals surface area (Å²) in [5, 5.41) is 9.49. The molecule has 0 aliphatic heterocycles. The van der Waals surface area contributed by atoms with E-state index < -0.39 is 11.9 Å². The summed E-state index contributed by atoms with van der Waals surface area (Å²) >= 11 is 3.30. The number of benzene rings is 1. The fraction of sp³-hybridized carbons (Fsp3) is 0.167. The molecule has 1 heterocycles. The topological polar surface area (TPSA) is 68.5 Å². The number of carbonyl (C=O) groups is 2. The Morgan fingerprint density at radius 2 is 2.17 bits per heavy atom. The summed E-state index contributed by atoms with van der Waals surface area (Å²) in [4.78, 5) is 22.4. The van der Waals surface area contributed by atoms with Crippen LogP contribution in [0.2, 0.25) is 0 Å². The van der Waals surface area contributed by atoms with E-state index in [1.54, 1.807) is 29.0 Å². The van der Waals surface area contributed by atoms with Crippen molar-refractivity contribution >= 4 is 38.8 Å². The van der Waals surface area contributed by atoms with Crippen LogP contribution in [-0.4, -0.2) is 28.7 Å². The minimum Gasteiger partial charge on any atom is -0.480 e. The van der Waals surface area contributed by atoms with Crippen LogP contribution in [0.1, 0.15) is 10.4 Å². The largest absolute Gasteiger partial charge is 0.480 e. The van der Waals surface area contributed by atoms with Gasteiger partial charge in [0.2, 0.25) is 0 Å². The first-order valence-electron chi connectivity index (χ1n) is 5.11. The highest BCUT2D eigenvalue weighted by molar-refractivity contribution is 9.10. The molecule has 2 aromatic rings. The predicted octanol–water partition coefficient (Wildman–Crippen LogP) is 2.27. The zero-order chi connectivity index (χ0) is 13.3. The van der Waals surface area contributed by atoms with Gasteiger partial charge in [-0.2, -0.15) is 0 Å². The van der Waals surface area contributed by atoms with E-state index in [1.807, 2.05) is 0 Å². The number of carbonyl (C=O) groups excluding carboxylic acids is 1. The number of aliphatic carboxylic acids is 1. The summed E-state index contributed by atoms with van der Waals surface area (Å²) in [5.74, 6) is -1.39. The van der Waals surface area contributed by atoms with Gasteiger partial charge < -0.3 is 14.4 Å². The van der Waals surface area contributed by atoms with Crippen LogP contribution in [0.3, 0.4) is 0 Å².